The third-order valence-corrected chi connectivity index (χ3v) is 3.06. The topological polar surface area (TPSA) is 84.6 Å². The number of fused-ring (bicyclic) bond motifs is 1. The van der Waals surface area contributed by atoms with Gasteiger partial charge in [-0.15, -0.1) is 0 Å². The maximum Gasteiger partial charge on any atom is 0.337 e. The number of benzene rings is 1. The van der Waals surface area contributed by atoms with Crippen LogP contribution in [0.15, 0.2) is 18.2 Å². The molecule has 0 bridgehead atoms. The number of carboxylic acid groups (broad SMARTS) is 1. The van der Waals surface area contributed by atoms with E-state index in [2.05, 4.69) is 4.98 Å². The summed E-state index contributed by atoms with van der Waals surface area (Å²) in [7, 11) is 1.56. The number of methoxy groups -OCH3 is 1. The van der Waals surface area contributed by atoms with Crippen LogP contribution in [0.3, 0.4) is 0 Å². The van der Waals surface area contributed by atoms with Crippen molar-refractivity contribution >= 4 is 17.0 Å². The van der Waals surface area contributed by atoms with Gasteiger partial charge in [0.15, 0.2) is 0 Å². The molecule has 0 aliphatic rings. The lowest BCUT2D eigenvalue weighted by molar-refractivity contribution is 0.0699. The van der Waals surface area contributed by atoms with E-state index in [9.17, 15) is 9.90 Å². The molecule has 1 aromatic heterocycles. The van der Waals surface area contributed by atoms with Crippen molar-refractivity contribution in [3.8, 4) is 0 Å². The SMILES string of the molecule is COCC(CO)n1c(C)nc2c(C(=O)O)cccc21. The Morgan fingerprint density at radius 2 is 2.26 bits per heavy atom. The van der Waals surface area contributed by atoms with E-state index in [4.69, 9.17) is 9.84 Å². The first-order chi connectivity index (χ1) is 9.10. The van der Waals surface area contributed by atoms with Gasteiger partial charge in [0.1, 0.15) is 11.3 Å². The van der Waals surface area contributed by atoms with Crippen LogP contribution in [0.5, 0.6) is 0 Å². The molecule has 6 nitrogen and oxygen atoms in total. The molecular weight excluding hydrogens is 248 g/mol. The lowest BCUT2D eigenvalue weighted by Gasteiger charge is -2.17. The van der Waals surface area contributed by atoms with Gasteiger partial charge >= 0.3 is 5.97 Å². The Labute approximate surface area is 110 Å². The number of aliphatic hydroxyl groups is 1. The first-order valence-corrected chi connectivity index (χ1v) is 5.90. The van der Waals surface area contributed by atoms with Gasteiger partial charge in [0, 0.05) is 7.11 Å². The van der Waals surface area contributed by atoms with Crippen LogP contribution in [0.2, 0.25) is 0 Å². The Kier molecular flexibility index (Phi) is 3.82. The molecule has 2 N–H and O–H groups in total. The molecule has 0 saturated heterocycles. The van der Waals surface area contributed by atoms with Crippen molar-refractivity contribution in [2.75, 3.05) is 20.3 Å². The van der Waals surface area contributed by atoms with E-state index in [-0.39, 0.29) is 18.2 Å². The largest absolute Gasteiger partial charge is 0.478 e. The van der Waals surface area contributed by atoms with E-state index >= 15 is 0 Å². The van der Waals surface area contributed by atoms with Gasteiger partial charge in [-0.1, -0.05) is 6.07 Å². The molecule has 0 radical (unpaired) electrons. The maximum atomic E-state index is 11.2. The molecule has 1 aromatic carbocycles. The van der Waals surface area contributed by atoms with Crippen molar-refractivity contribution in [1.29, 1.82) is 0 Å². The first-order valence-electron chi connectivity index (χ1n) is 5.90. The van der Waals surface area contributed by atoms with Crippen LogP contribution in [-0.2, 0) is 4.74 Å². The van der Waals surface area contributed by atoms with Gasteiger partial charge < -0.3 is 19.5 Å². The van der Waals surface area contributed by atoms with Crippen molar-refractivity contribution in [1.82, 2.24) is 9.55 Å². The van der Waals surface area contributed by atoms with Gasteiger partial charge in [-0.25, -0.2) is 9.78 Å². The summed E-state index contributed by atoms with van der Waals surface area (Å²) in [6, 6.07) is 4.70. The summed E-state index contributed by atoms with van der Waals surface area (Å²) < 4.78 is 6.89. The average Bonchev–Trinajstić information content (AvgIpc) is 2.71. The summed E-state index contributed by atoms with van der Waals surface area (Å²) >= 11 is 0. The summed E-state index contributed by atoms with van der Waals surface area (Å²) in [5, 5.41) is 18.6. The molecule has 0 saturated carbocycles. The van der Waals surface area contributed by atoms with Gasteiger partial charge in [-0.05, 0) is 19.1 Å². The fourth-order valence-corrected chi connectivity index (χ4v) is 2.27. The maximum absolute atomic E-state index is 11.2. The molecule has 2 aromatic rings. The van der Waals surface area contributed by atoms with Crippen molar-refractivity contribution in [3.63, 3.8) is 0 Å². The Balaban J connectivity index is 2.65. The second kappa shape index (κ2) is 5.38. The first kappa shape index (κ1) is 13.5. The van der Waals surface area contributed by atoms with Gasteiger partial charge in [0.25, 0.3) is 0 Å². The average molecular weight is 264 g/mol. The number of carbonyl (C=O) groups is 1. The number of aromatic carboxylic acids is 1. The van der Waals surface area contributed by atoms with E-state index < -0.39 is 5.97 Å². The monoisotopic (exact) mass is 264 g/mol. The minimum atomic E-state index is -1.01. The molecule has 2 rings (SSSR count). The number of carboxylic acids is 1. The number of imidazole rings is 1. The number of nitrogens with zero attached hydrogens (tertiary/aromatic N) is 2. The molecule has 6 heteroatoms. The molecule has 0 spiro atoms. The van der Waals surface area contributed by atoms with Crippen molar-refractivity contribution in [2.24, 2.45) is 0 Å². The summed E-state index contributed by atoms with van der Waals surface area (Å²) in [5.41, 5.74) is 1.28. The number of aromatic nitrogens is 2. The number of para-hydroxylation sites is 1. The smallest absolute Gasteiger partial charge is 0.337 e. The highest BCUT2D eigenvalue weighted by molar-refractivity contribution is 6.01. The number of aliphatic hydroxyl groups excluding tert-OH is 1. The molecule has 102 valence electrons. The normalized spacial score (nSPS) is 12.8. The third kappa shape index (κ3) is 2.32. The van der Waals surface area contributed by atoms with E-state index in [1.165, 1.54) is 6.07 Å². The van der Waals surface area contributed by atoms with E-state index in [1.807, 2.05) is 4.57 Å². The molecule has 0 fully saturated rings. The quantitative estimate of drug-likeness (QED) is 0.848. The van der Waals surface area contributed by atoms with E-state index in [0.29, 0.717) is 23.5 Å². The summed E-state index contributed by atoms with van der Waals surface area (Å²) in [6.45, 7) is 2.02. The molecule has 0 amide bonds. The van der Waals surface area contributed by atoms with Gasteiger partial charge in [0.05, 0.1) is 30.3 Å². The van der Waals surface area contributed by atoms with Gasteiger partial charge in [0.2, 0.25) is 0 Å². The Hall–Kier alpha value is -1.92. The zero-order valence-corrected chi connectivity index (χ0v) is 10.8. The number of hydrogen-bond donors (Lipinski definition) is 2. The van der Waals surface area contributed by atoms with E-state index in [1.54, 1.807) is 26.2 Å². The van der Waals surface area contributed by atoms with Crippen LogP contribution in [0.25, 0.3) is 11.0 Å². The zero-order chi connectivity index (χ0) is 14.0. The molecule has 0 aliphatic carbocycles. The number of hydrogen-bond acceptors (Lipinski definition) is 4. The third-order valence-electron chi connectivity index (χ3n) is 3.06. The molecule has 1 unspecified atom stereocenters. The van der Waals surface area contributed by atoms with Crippen LogP contribution in [0.4, 0.5) is 0 Å². The zero-order valence-electron chi connectivity index (χ0n) is 10.8. The van der Waals surface area contributed by atoms with Crippen molar-refractivity contribution in [2.45, 2.75) is 13.0 Å². The molecular formula is C13H16N2O4. The van der Waals surface area contributed by atoms with Crippen LogP contribution < -0.4 is 0 Å². The van der Waals surface area contributed by atoms with Gasteiger partial charge in [-0.2, -0.15) is 0 Å². The summed E-state index contributed by atoms with van der Waals surface area (Å²) in [6.07, 6.45) is 0. The van der Waals surface area contributed by atoms with Crippen molar-refractivity contribution in [3.05, 3.63) is 29.6 Å². The van der Waals surface area contributed by atoms with E-state index in [0.717, 1.165) is 0 Å². The van der Waals surface area contributed by atoms with Crippen LogP contribution in [0.1, 0.15) is 22.2 Å². The predicted molar refractivity (Wildman–Crippen MR) is 69.4 cm³/mol. The Bertz CT molecular complexity index is 606. The highest BCUT2D eigenvalue weighted by Crippen LogP contribution is 2.24. The molecule has 19 heavy (non-hydrogen) atoms. The lowest BCUT2D eigenvalue weighted by atomic mass is 10.2. The minimum absolute atomic E-state index is 0.0998. The van der Waals surface area contributed by atoms with Crippen LogP contribution >= 0.6 is 0 Å². The standard InChI is InChI=1S/C13H16N2O4/c1-8-14-12-10(13(17)18)4-3-5-11(12)15(8)9(6-16)7-19-2/h3-5,9,16H,6-7H2,1-2H3,(H,17,18). The fraction of sp³-hybridized carbons (Fsp3) is 0.385. The summed E-state index contributed by atoms with van der Waals surface area (Å²) in [4.78, 5) is 15.5. The van der Waals surface area contributed by atoms with Gasteiger partial charge in [-0.3, -0.25) is 0 Å². The second-order valence-corrected chi connectivity index (χ2v) is 4.30. The fourth-order valence-electron chi connectivity index (χ4n) is 2.27. The Morgan fingerprint density at radius 3 is 2.84 bits per heavy atom. The van der Waals surface area contributed by atoms with Crippen molar-refractivity contribution < 1.29 is 19.7 Å². The highest BCUT2D eigenvalue weighted by atomic mass is 16.5. The highest BCUT2D eigenvalue weighted by Gasteiger charge is 2.19. The lowest BCUT2D eigenvalue weighted by Crippen LogP contribution is -2.19. The summed E-state index contributed by atoms with van der Waals surface area (Å²) in [5.74, 6) is -0.359. The molecule has 1 atom stereocenters. The van der Waals surface area contributed by atoms with Crippen LogP contribution in [0, 0.1) is 6.92 Å². The second-order valence-electron chi connectivity index (χ2n) is 4.30. The Morgan fingerprint density at radius 1 is 1.53 bits per heavy atom. The molecule has 1 heterocycles. The molecule has 0 aliphatic heterocycles. The minimum Gasteiger partial charge on any atom is -0.478 e. The number of aryl methyl sites for hydroxylation is 1. The number of ether oxygens (including phenoxy) is 1. The van der Waals surface area contributed by atoms with Crippen LogP contribution in [-0.4, -0.2) is 46.1 Å². The predicted octanol–water partition coefficient (Wildman–Crippen LogP) is 1.22. The number of rotatable bonds is 5.